The molecule has 25 heavy (non-hydrogen) atoms. The van der Waals surface area contributed by atoms with Crippen LogP contribution in [-0.4, -0.2) is 39.4 Å². The van der Waals surface area contributed by atoms with Gasteiger partial charge in [0.05, 0.1) is 25.1 Å². The van der Waals surface area contributed by atoms with E-state index in [1.807, 2.05) is 16.0 Å². The topological polar surface area (TPSA) is 67.2 Å². The Labute approximate surface area is 151 Å². The summed E-state index contributed by atoms with van der Waals surface area (Å²) in [5.41, 5.74) is 0.912. The van der Waals surface area contributed by atoms with Gasteiger partial charge in [-0.15, -0.1) is 11.3 Å². The molecule has 0 bridgehead atoms. The molecule has 2 aromatic rings. The third-order valence-electron chi connectivity index (χ3n) is 4.48. The largest absolute Gasteiger partial charge is 0.354 e. The van der Waals surface area contributed by atoms with Crippen molar-refractivity contribution >= 4 is 23.2 Å². The molecule has 1 aliphatic rings. The van der Waals surface area contributed by atoms with Gasteiger partial charge >= 0.3 is 0 Å². The molecule has 1 aliphatic heterocycles. The Morgan fingerprint density at radius 1 is 1.44 bits per heavy atom. The molecule has 0 spiro atoms. The van der Waals surface area contributed by atoms with Gasteiger partial charge in [-0.3, -0.25) is 9.59 Å². The number of thiophene rings is 1. The second-order valence-electron chi connectivity index (χ2n) is 6.31. The minimum absolute atomic E-state index is 0.0520. The summed E-state index contributed by atoms with van der Waals surface area (Å²) < 4.78 is 1.89. The lowest BCUT2D eigenvalue weighted by Gasteiger charge is -2.33. The zero-order valence-corrected chi connectivity index (χ0v) is 15.3. The van der Waals surface area contributed by atoms with E-state index in [4.69, 9.17) is 0 Å². The van der Waals surface area contributed by atoms with Crippen LogP contribution in [0.3, 0.4) is 0 Å². The van der Waals surface area contributed by atoms with Gasteiger partial charge in [0.15, 0.2) is 0 Å². The van der Waals surface area contributed by atoms with E-state index in [0.717, 1.165) is 25.0 Å². The Kier molecular flexibility index (Phi) is 5.86. The van der Waals surface area contributed by atoms with Crippen molar-refractivity contribution < 1.29 is 9.59 Å². The maximum atomic E-state index is 12.7. The van der Waals surface area contributed by atoms with E-state index in [2.05, 4.69) is 23.3 Å². The smallest absolute Gasteiger partial charge is 0.244 e. The van der Waals surface area contributed by atoms with Crippen molar-refractivity contribution in [2.45, 2.75) is 45.2 Å². The number of rotatable bonds is 7. The van der Waals surface area contributed by atoms with Crippen LogP contribution in [0.2, 0.25) is 0 Å². The quantitative estimate of drug-likeness (QED) is 0.824. The summed E-state index contributed by atoms with van der Waals surface area (Å²) in [4.78, 5) is 32.3. The van der Waals surface area contributed by atoms with Crippen LogP contribution >= 0.6 is 11.3 Å². The number of unbranched alkanes of at least 4 members (excludes halogenated alkanes) is 1. The molecule has 0 aliphatic carbocycles. The third kappa shape index (κ3) is 4.28. The highest BCUT2D eigenvalue weighted by Crippen LogP contribution is 2.22. The molecule has 134 valence electrons. The second-order valence-corrected chi connectivity index (χ2v) is 7.34. The van der Waals surface area contributed by atoms with Gasteiger partial charge in [0.2, 0.25) is 11.8 Å². The van der Waals surface area contributed by atoms with Crippen molar-refractivity contribution in [2.75, 3.05) is 13.1 Å². The molecule has 2 amide bonds. The first-order chi connectivity index (χ1) is 12.2. The molecule has 0 saturated heterocycles. The van der Waals surface area contributed by atoms with E-state index in [-0.39, 0.29) is 11.8 Å². The van der Waals surface area contributed by atoms with Gasteiger partial charge in [-0.25, -0.2) is 4.98 Å². The SMILES string of the molecule is CCCCC(=O)N1Cc2cncn2[C@@H](C(=O)NCCc2cccs2)C1. The third-order valence-corrected chi connectivity index (χ3v) is 5.41. The highest BCUT2D eigenvalue weighted by molar-refractivity contribution is 7.09. The fourth-order valence-electron chi connectivity index (χ4n) is 3.06. The van der Waals surface area contributed by atoms with E-state index in [1.165, 1.54) is 4.88 Å². The number of fused-ring (bicyclic) bond motifs is 1. The predicted molar refractivity (Wildman–Crippen MR) is 97.2 cm³/mol. The number of carbonyl (C=O) groups excluding carboxylic acids is 2. The molecule has 0 aromatic carbocycles. The zero-order chi connectivity index (χ0) is 17.6. The normalized spacial score (nSPS) is 16.5. The van der Waals surface area contributed by atoms with Crippen molar-refractivity contribution in [3.05, 3.63) is 40.6 Å². The van der Waals surface area contributed by atoms with Crippen molar-refractivity contribution in [3.63, 3.8) is 0 Å². The Hall–Kier alpha value is -2.15. The van der Waals surface area contributed by atoms with Crippen molar-refractivity contribution in [2.24, 2.45) is 0 Å². The molecule has 0 saturated carbocycles. The van der Waals surface area contributed by atoms with Gasteiger partial charge in [-0.1, -0.05) is 19.4 Å². The van der Waals surface area contributed by atoms with Gasteiger partial charge < -0.3 is 14.8 Å². The highest BCUT2D eigenvalue weighted by atomic mass is 32.1. The first-order valence-electron chi connectivity index (χ1n) is 8.77. The number of aromatic nitrogens is 2. The maximum Gasteiger partial charge on any atom is 0.244 e. The number of nitrogens with zero attached hydrogens (tertiary/aromatic N) is 3. The molecule has 0 radical (unpaired) electrons. The van der Waals surface area contributed by atoms with E-state index >= 15 is 0 Å². The van der Waals surface area contributed by atoms with Crippen LogP contribution in [0.15, 0.2) is 30.0 Å². The predicted octanol–water partition coefficient (Wildman–Crippen LogP) is 2.38. The first-order valence-corrected chi connectivity index (χ1v) is 9.65. The van der Waals surface area contributed by atoms with E-state index < -0.39 is 6.04 Å². The number of amides is 2. The molecule has 7 heteroatoms. The number of imidazole rings is 1. The number of nitrogens with one attached hydrogen (secondary N) is 1. The summed E-state index contributed by atoms with van der Waals surface area (Å²) in [5, 5.41) is 5.04. The van der Waals surface area contributed by atoms with Gasteiger partial charge in [0.1, 0.15) is 6.04 Å². The Morgan fingerprint density at radius 3 is 3.08 bits per heavy atom. The summed E-state index contributed by atoms with van der Waals surface area (Å²) in [5.74, 6) is 0.0643. The van der Waals surface area contributed by atoms with E-state index in [9.17, 15) is 9.59 Å². The minimum atomic E-state index is -0.403. The van der Waals surface area contributed by atoms with Gasteiger partial charge in [-0.05, 0) is 24.3 Å². The average Bonchev–Trinajstić information content (AvgIpc) is 3.29. The van der Waals surface area contributed by atoms with Gasteiger partial charge in [-0.2, -0.15) is 0 Å². The average molecular weight is 360 g/mol. The van der Waals surface area contributed by atoms with Crippen LogP contribution in [0.1, 0.15) is 42.8 Å². The summed E-state index contributed by atoms with van der Waals surface area (Å²) in [6.45, 7) is 3.62. The van der Waals surface area contributed by atoms with Crippen molar-refractivity contribution in [3.8, 4) is 0 Å². The standard InChI is InChI=1S/C18H24N4O2S/c1-2-3-6-17(23)21-11-14-10-19-13-22(14)16(12-21)18(24)20-8-7-15-5-4-9-25-15/h4-5,9-10,13,16H,2-3,6-8,11-12H2,1H3,(H,20,24)/t16-/m1/s1. The van der Waals surface area contributed by atoms with Gasteiger partial charge in [0, 0.05) is 24.0 Å². The van der Waals surface area contributed by atoms with Crippen LogP contribution in [0.25, 0.3) is 0 Å². The summed E-state index contributed by atoms with van der Waals surface area (Å²) in [7, 11) is 0. The molecule has 1 N–H and O–H groups in total. The molecule has 0 fully saturated rings. The van der Waals surface area contributed by atoms with Crippen LogP contribution in [0.5, 0.6) is 0 Å². The summed E-state index contributed by atoms with van der Waals surface area (Å²) >= 11 is 1.69. The van der Waals surface area contributed by atoms with Crippen LogP contribution in [0.4, 0.5) is 0 Å². The van der Waals surface area contributed by atoms with E-state index in [0.29, 0.717) is 26.1 Å². The minimum Gasteiger partial charge on any atom is -0.354 e. The maximum absolute atomic E-state index is 12.7. The van der Waals surface area contributed by atoms with Crippen LogP contribution < -0.4 is 5.32 Å². The molecular weight excluding hydrogens is 336 g/mol. The molecule has 2 aromatic heterocycles. The fraction of sp³-hybridized carbons (Fsp3) is 0.500. The highest BCUT2D eigenvalue weighted by Gasteiger charge is 2.31. The summed E-state index contributed by atoms with van der Waals surface area (Å²) in [6.07, 6.45) is 6.66. The lowest BCUT2D eigenvalue weighted by Crippen LogP contribution is -2.46. The Morgan fingerprint density at radius 2 is 2.32 bits per heavy atom. The summed E-state index contributed by atoms with van der Waals surface area (Å²) in [6, 6.07) is 3.68. The van der Waals surface area contributed by atoms with Gasteiger partial charge in [0.25, 0.3) is 0 Å². The Balaban J connectivity index is 1.62. The fourth-order valence-corrected chi connectivity index (χ4v) is 3.77. The van der Waals surface area contributed by atoms with Crippen molar-refractivity contribution in [1.82, 2.24) is 19.8 Å². The monoisotopic (exact) mass is 360 g/mol. The number of hydrogen-bond donors (Lipinski definition) is 1. The molecule has 1 atom stereocenters. The second kappa shape index (κ2) is 8.29. The van der Waals surface area contributed by atoms with Crippen molar-refractivity contribution in [1.29, 1.82) is 0 Å². The Bertz CT molecular complexity index is 710. The number of hydrogen-bond acceptors (Lipinski definition) is 4. The lowest BCUT2D eigenvalue weighted by atomic mass is 10.1. The molecule has 0 unspecified atom stereocenters. The zero-order valence-electron chi connectivity index (χ0n) is 14.5. The molecule has 3 heterocycles. The molecule has 6 nitrogen and oxygen atoms in total. The van der Waals surface area contributed by atoms with Crippen LogP contribution in [0, 0.1) is 0 Å². The molecular formula is C18H24N4O2S. The first kappa shape index (κ1) is 17.7. The van der Waals surface area contributed by atoms with E-state index in [1.54, 1.807) is 28.8 Å². The lowest BCUT2D eigenvalue weighted by molar-refractivity contribution is -0.135. The number of carbonyl (C=O) groups is 2. The van der Waals surface area contributed by atoms with Crippen LogP contribution in [-0.2, 0) is 22.6 Å². The molecule has 3 rings (SSSR count).